The molecule has 0 radical (unpaired) electrons. The number of nitrogens with one attached hydrogen (secondary N) is 1. The van der Waals surface area contributed by atoms with Gasteiger partial charge in [0.15, 0.2) is 0 Å². The van der Waals surface area contributed by atoms with Crippen LogP contribution in [0.2, 0.25) is 0 Å². The van der Waals surface area contributed by atoms with Gasteiger partial charge in [-0.05, 0) is 44.1 Å². The molecule has 0 bridgehead atoms. The second-order valence-electron chi connectivity index (χ2n) is 5.23. The van der Waals surface area contributed by atoms with Crippen LogP contribution in [0.15, 0.2) is 18.2 Å². The highest BCUT2D eigenvalue weighted by Crippen LogP contribution is 2.25. The number of benzene rings is 1. The van der Waals surface area contributed by atoms with Crippen molar-refractivity contribution in [1.82, 2.24) is 4.90 Å². The van der Waals surface area contributed by atoms with Crippen LogP contribution in [-0.2, 0) is 4.79 Å². The van der Waals surface area contributed by atoms with Crippen LogP contribution in [0.3, 0.4) is 0 Å². The number of methoxy groups -OCH3 is 1. The highest BCUT2D eigenvalue weighted by atomic mass is 16.5. The number of nitrogens with zero attached hydrogens (tertiary/aromatic N) is 2. The molecule has 1 heterocycles. The van der Waals surface area contributed by atoms with E-state index in [1.165, 1.54) is 19.3 Å². The minimum atomic E-state index is -0.0473. The van der Waals surface area contributed by atoms with Crippen molar-refractivity contribution in [1.29, 1.82) is 5.26 Å². The number of likely N-dealkylation sites (tertiary alicyclic amines) is 1. The summed E-state index contributed by atoms with van der Waals surface area (Å²) in [6.45, 7) is 2.95. The van der Waals surface area contributed by atoms with Gasteiger partial charge < -0.3 is 15.0 Å². The van der Waals surface area contributed by atoms with Crippen LogP contribution in [0, 0.1) is 11.3 Å². The minimum Gasteiger partial charge on any atom is -0.495 e. The molecule has 1 aliphatic heterocycles. The third-order valence-corrected chi connectivity index (χ3v) is 3.71. The summed E-state index contributed by atoms with van der Waals surface area (Å²) >= 11 is 0. The molecule has 21 heavy (non-hydrogen) atoms. The van der Waals surface area contributed by atoms with Gasteiger partial charge in [-0.2, -0.15) is 5.26 Å². The quantitative estimate of drug-likeness (QED) is 0.903. The zero-order chi connectivity index (χ0) is 15.1. The predicted octanol–water partition coefficient (Wildman–Crippen LogP) is 2.38. The van der Waals surface area contributed by atoms with Gasteiger partial charge in [-0.3, -0.25) is 4.79 Å². The molecular formula is C16H21N3O2. The molecule has 0 unspecified atom stereocenters. The van der Waals surface area contributed by atoms with Crippen LogP contribution in [0.5, 0.6) is 5.75 Å². The normalized spacial score (nSPS) is 15.2. The lowest BCUT2D eigenvalue weighted by Gasteiger charge is -2.26. The van der Waals surface area contributed by atoms with Crippen LogP contribution in [0.1, 0.15) is 31.2 Å². The number of hydrogen-bond donors (Lipinski definition) is 1. The lowest BCUT2D eigenvalue weighted by atomic mass is 10.1. The molecule has 1 N–H and O–H groups in total. The summed E-state index contributed by atoms with van der Waals surface area (Å²) in [5, 5.41) is 11.8. The van der Waals surface area contributed by atoms with Crippen molar-refractivity contribution in [2.45, 2.75) is 25.7 Å². The average Bonchev–Trinajstić information content (AvgIpc) is 2.54. The summed E-state index contributed by atoms with van der Waals surface area (Å²) in [5.41, 5.74) is 1.06. The zero-order valence-corrected chi connectivity index (χ0v) is 12.4. The first-order valence-corrected chi connectivity index (χ1v) is 7.33. The first kappa shape index (κ1) is 15.3. The second kappa shape index (κ2) is 7.65. The lowest BCUT2D eigenvalue weighted by Crippen LogP contribution is -2.32. The van der Waals surface area contributed by atoms with Gasteiger partial charge in [0, 0.05) is 13.0 Å². The van der Waals surface area contributed by atoms with E-state index in [9.17, 15) is 4.79 Å². The summed E-state index contributed by atoms with van der Waals surface area (Å²) in [6.07, 6.45) is 4.19. The number of rotatable bonds is 5. The molecule has 1 aliphatic rings. The molecule has 0 saturated carbocycles. The first-order valence-electron chi connectivity index (χ1n) is 7.33. The maximum absolute atomic E-state index is 12.0. The third-order valence-electron chi connectivity index (χ3n) is 3.71. The molecule has 2 rings (SSSR count). The number of anilines is 1. The maximum Gasteiger partial charge on any atom is 0.225 e. The highest BCUT2D eigenvalue weighted by molar-refractivity contribution is 5.92. The van der Waals surface area contributed by atoms with E-state index in [0.29, 0.717) is 23.4 Å². The molecule has 1 aromatic rings. The smallest absolute Gasteiger partial charge is 0.225 e. The van der Waals surface area contributed by atoms with Crippen molar-refractivity contribution in [2.24, 2.45) is 0 Å². The summed E-state index contributed by atoms with van der Waals surface area (Å²) in [5.74, 6) is 0.522. The van der Waals surface area contributed by atoms with E-state index in [1.54, 1.807) is 25.3 Å². The Morgan fingerprint density at radius 3 is 2.81 bits per heavy atom. The predicted molar refractivity (Wildman–Crippen MR) is 81.2 cm³/mol. The fourth-order valence-corrected chi connectivity index (χ4v) is 2.53. The SMILES string of the molecule is COc1ccc(C#N)cc1NC(=O)CCN1CCCCC1. The molecule has 0 spiro atoms. The summed E-state index contributed by atoms with van der Waals surface area (Å²) < 4.78 is 5.21. The molecule has 0 atom stereocenters. The van der Waals surface area contributed by atoms with Gasteiger partial charge in [0.05, 0.1) is 24.4 Å². The Kier molecular flexibility index (Phi) is 5.59. The zero-order valence-electron chi connectivity index (χ0n) is 12.4. The topological polar surface area (TPSA) is 65.4 Å². The van der Waals surface area contributed by atoms with Crippen LogP contribution in [0.25, 0.3) is 0 Å². The molecule has 0 aliphatic carbocycles. The van der Waals surface area contributed by atoms with E-state index in [1.807, 2.05) is 0 Å². The van der Waals surface area contributed by atoms with E-state index in [-0.39, 0.29) is 5.91 Å². The largest absolute Gasteiger partial charge is 0.495 e. The van der Waals surface area contributed by atoms with Crippen LogP contribution < -0.4 is 10.1 Å². The number of carbonyl (C=O) groups excluding carboxylic acids is 1. The van der Waals surface area contributed by atoms with E-state index >= 15 is 0 Å². The molecule has 1 saturated heterocycles. The highest BCUT2D eigenvalue weighted by Gasteiger charge is 2.13. The Morgan fingerprint density at radius 1 is 1.38 bits per heavy atom. The number of nitriles is 1. The number of hydrogen-bond acceptors (Lipinski definition) is 4. The lowest BCUT2D eigenvalue weighted by molar-refractivity contribution is -0.116. The van der Waals surface area contributed by atoms with Crippen molar-refractivity contribution >= 4 is 11.6 Å². The van der Waals surface area contributed by atoms with Crippen LogP contribution in [0.4, 0.5) is 5.69 Å². The fraction of sp³-hybridized carbons (Fsp3) is 0.500. The third kappa shape index (κ3) is 4.47. The molecule has 0 aromatic heterocycles. The van der Waals surface area contributed by atoms with Crippen molar-refractivity contribution < 1.29 is 9.53 Å². The Labute approximate surface area is 125 Å². The van der Waals surface area contributed by atoms with Crippen molar-refractivity contribution in [3.63, 3.8) is 0 Å². The standard InChI is InChI=1S/C16H21N3O2/c1-21-15-6-5-13(12-17)11-14(15)18-16(20)7-10-19-8-3-2-4-9-19/h5-6,11H,2-4,7-10H2,1H3,(H,18,20). The van der Waals surface area contributed by atoms with Gasteiger partial charge in [-0.15, -0.1) is 0 Å². The monoisotopic (exact) mass is 287 g/mol. The number of piperidine rings is 1. The molecule has 1 fully saturated rings. The first-order chi connectivity index (χ1) is 10.2. The van der Waals surface area contributed by atoms with E-state index < -0.39 is 0 Å². The summed E-state index contributed by atoms with van der Waals surface area (Å²) in [4.78, 5) is 14.4. The Bertz CT molecular complexity index is 531. The Hall–Kier alpha value is -2.06. The summed E-state index contributed by atoms with van der Waals surface area (Å²) in [7, 11) is 1.55. The number of carbonyl (C=O) groups is 1. The van der Waals surface area contributed by atoms with E-state index in [4.69, 9.17) is 10.00 Å². The van der Waals surface area contributed by atoms with Gasteiger partial charge in [0.1, 0.15) is 5.75 Å². The Balaban J connectivity index is 1.91. The van der Waals surface area contributed by atoms with Crippen molar-refractivity contribution in [3.05, 3.63) is 23.8 Å². The van der Waals surface area contributed by atoms with Gasteiger partial charge >= 0.3 is 0 Å². The number of amides is 1. The summed E-state index contributed by atoms with van der Waals surface area (Å²) in [6, 6.07) is 7.06. The van der Waals surface area contributed by atoms with Gasteiger partial charge in [-0.25, -0.2) is 0 Å². The van der Waals surface area contributed by atoms with Crippen LogP contribution >= 0.6 is 0 Å². The fourth-order valence-electron chi connectivity index (χ4n) is 2.53. The van der Waals surface area contributed by atoms with E-state index in [0.717, 1.165) is 19.6 Å². The molecular weight excluding hydrogens is 266 g/mol. The second-order valence-corrected chi connectivity index (χ2v) is 5.23. The number of ether oxygens (including phenoxy) is 1. The Morgan fingerprint density at radius 2 is 2.14 bits per heavy atom. The minimum absolute atomic E-state index is 0.0473. The van der Waals surface area contributed by atoms with Gasteiger partial charge in [-0.1, -0.05) is 6.42 Å². The van der Waals surface area contributed by atoms with Gasteiger partial charge in [0.25, 0.3) is 0 Å². The molecule has 1 amide bonds. The van der Waals surface area contributed by atoms with Crippen molar-refractivity contribution in [2.75, 3.05) is 32.1 Å². The molecule has 1 aromatic carbocycles. The maximum atomic E-state index is 12.0. The molecule has 112 valence electrons. The van der Waals surface area contributed by atoms with Gasteiger partial charge in [0.2, 0.25) is 5.91 Å². The molecule has 5 heteroatoms. The van der Waals surface area contributed by atoms with E-state index in [2.05, 4.69) is 16.3 Å². The van der Waals surface area contributed by atoms with Crippen molar-refractivity contribution in [3.8, 4) is 11.8 Å². The average molecular weight is 287 g/mol. The molecule has 5 nitrogen and oxygen atoms in total. The van der Waals surface area contributed by atoms with Crippen LogP contribution in [-0.4, -0.2) is 37.6 Å².